The minimum Gasteiger partial charge on any atom is -0.496 e. The highest BCUT2D eigenvalue weighted by atomic mass is 32.2. The van der Waals surface area contributed by atoms with Gasteiger partial charge in [0.15, 0.2) is 0 Å². The molecule has 1 saturated heterocycles. The fourth-order valence-corrected chi connectivity index (χ4v) is 6.11. The molecule has 1 aliphatic rings. The molecule has 0 N–H and O–H groups in total. The molecule has 26 heavy (non-hydrogen) atoms. The largest absolute Gasteiger partial charge is 0.496 e. The molecule has 0 spiro atoms. The van der Waals surface area contributed by atoms with Crippen molar-refractivity contribution in [3.05, 3.63) is 46.3 Å². The first kappa shape index (κ1) is 19.4. The zero-order chi connectivity index (χ0) is 18.7. The van der Waals surface area contributed by atoms with E-state index in [1.807, 2.05) is 26.0 Å². The topological polar surface area (TPSA) is 49.9 Å². The van der Waals surface area contributed by atoms with Crippen LogP contribution < -0.4 is 4.74 Å². The van der Waals surface area contributed by atoms with Crippen molar-refractivity contribution in [2.75, 3.05) is 33.3 Å². The van der Waals surface area contributed by atoms with E-state index in [1.165, 1.54) is 16.9 Å². The lowest BCUT2D eigenvalue weighted by atomic mass is 10.1. The number of ether oxygens (including phenoxy) is 1. The standard InChI is InChI=1S/C19H26N2O3S2/c1-4-17-6-8-19(25-17)26(22,23)21-11-9-20(10-12-21)14-16-5-7-18(24-3)15(2)13-16/h5-8,13H,4,9-12,14H2,1-3H3. The second kappa shape index (κ2) is 8.08. The summed E-state index contributed by atoms with van der Waals surface area (Å²) < 4.78 is 33.0. The van der Waals surface area contributed by atoms with Gasteiger partial charge < -0.3 is 4.74 Å². The minimum atomic E-state index is -3.35. The summed E-state index contributed by atoms with van der Waals surface area (Å²) in [5.41, 5.74) is 2.35. The van der Waals surface area contributed by atoms with Gasteiger partial charge in [0.05, 0.1) is 7.11 Å². The van der Waals surface area contributed by atoms with E-state index in [9.17, 15) is 8.42 Å². The first-order chi connectivity index (χ1) is 12.4. The van der Waals surface area contributed by atoms with Crippen LogP contribution in [0.5, 0.6) is 5.75 Å². The number of piperazine rings is 1. The van der Waals surface area contributed by atoms with E-state index in [4.69, 9.17) is 4.74 Å². The monoisotopic (exact) mass is 394 g/mol. The molecule has 1 aromatic heterocycles. The lowest BCUT2D eigenvalue weighted by molar-refractivity contribution is 0.181. The lowest BCUT2D eigenvalue weighted by Gasteiger charge is -2.33. The van der Waals surface area contributed by atoms with Gasteiger partial charge in [0.2, 0.25) is 0 Å². The summed E-state index contributed by atoms with van der Waals surface area (Å²) >= 11 is 1.39. The number of methoxy groups -OCH3 is 1. The molecule has 0 unspecified atom stereocenters. The van der Waals surface area contributed by atoms with Crippen molar-refractivity contribution >= 4 is 21.4 Å². The van der Waals surface area contributed by atoms with Gasteiger partial charge in [0, 0.05) is 37.6 Å². The van der Waals surface area contributed by atoms with Crippen molar-refractivity contribution in [3.8, 4) is 5.75 Å². The van der Waals surface area contributed by atoms with Gasteiger partial charge >= 0.3 is 0 Å². The number of thiophene rings is 1. The summed E-state index contributed by atoms with van der Waals surface area (Å²) in [6, 6.07) is 9.87. The average Bonchev–Trinajstić information content (AvgIpc) is 3.12. The minimum absolute atomic E-state index is 0.466. The Morgan fingerprint density at radius 2 is 1.85 bits per heavy atom. The zero-order valence-corrected chi connectivity index (χ0v) is 17.2. The second-order valence-electron chi connectivity index (χ2n) is 6.56. The molecule has 0 saturated carbocycles. The summed E-state index contributed by atoms with van der Waals surface area (Å²) in [6.07, 6.45) is 0.870. The molecule has 1 aromatic carbocycles. The molecule has 0 radical (unpaired) electrons. The fourth-order valence-electron chi connectivity index (χ4n) is 3.24. The van der Waals surface area contributed by atoms with Crippen LogP contribution in [0.25, 0.3) is 0 Å². The number of rotatable bonds is 6. The van der Waals surface area contributed by atoms with Gasteiger partial charge in [0.1, 0.15) is 9.96 Å². The SMILES string of the molecule is CCc1ccc(S(=O)(=O)N2CCN(Cc3ccc(OC)c(C)c3)CC2)s1. The summed E-state index contributed by atoms with van der Waals surface area (Å²) in [6.45, 7) is 7.48. The van der Waals surface area contributed by atoms with E-state index in [0.717, 1.165) is 42.2 Å². The third kappa shape index (κ3) is 4.11. The van der Waals surface area contributed by atoms with Crippen molar-refractivity contribution < 1.29 is 13.2 Å². The molecule has 0 atom stereocenters. The van der Waals surface area contributed by atoms with Crippen LogP contribution in [0.4, 0.5) is 0 Å². The van der Waals surface area contributed by atoms with Crippen molar-refractivity contribution in [2.24, 2.45) is 0 Å². The molecule has 0 bridgehead atoms. The maximum atomic E-state index is 12.8. The molecular weight excluding hydrogens is 368 g/mol. The van der Waals surface area contributed by atoms with E-state index >= 15 is 0 Å². The highest BCUT2D eigenvalue weighted by molar-refractivity contribution is 7.91. The van der Waals surface area contributed by atoms with E-state index in [-0.39, 0.29) is 0 Å². The normalized spacial score (nSPS) is 16.7. The maximum absolute atomic E-state index is 12.8. The van der Waals surface area contributed by atoms with E-state index in [1.54, 1.807) is 17.5 Å². The Balaban J connectivity index is 1.61. The highest BCUT2D eigenvalue weighted by Crippen LogP contribution is 2.26. The molecule has 3 rings (SSSR count). The van der Waals surface area contributed by atoms with Crippen LogP contribution in [0.2, 0.25) is 0 Å². The Morgan fingerprint density at radius 1 is 1.12 bits per heavy atom. The number of sulfonamides is 1. The van der Waals surface area contributed by atoms with Gasteiger partial charge in [-0.1, -0.05) is 19.1 Å². The smallest absolute Gasteiger partial charge is 0.252 e. The Bertz CT molecular complexity index is 853. The molecular formula is C19H26N2O3S2. The quantitative estimate of drug-likeness (QED) is 0.755. The highest BCUT2D eigenvalue weighted by Gasteiger charge is 2.29. The number of benzene rings is 1. The van der Waals surface area contributed by atoms with Crippen LogP contribution in [0.1, 0.15) is 22.9 Å². The second-order valence-corrected chi connectivity index (χ2v) is 9.89. The molecule has 1 aliphatic heterocycles. The van der Waals surface area contributed by atoms with Crippen LogP contribution >= 0.6 is 11.3 Å². The number of nitrogens with zero attached hydrogens (tertiary/aromatic N) is 2. The third-order valence-corrected chi connectivity index (χ3v) is 8.37. The number of hydrogen-bond acceptors (Lipinski definition) is 5. The van der Waals surface area contributed by atoms with Crippen LogP contribution in [0, 0.1) is 6.92 Å². The van der Waals surface area contributed by atoms with Gasteiger partial charge in [-0.3, -0.25) is 4.90 Å². The Hall–Kier alpha value is -1.41. The summed E-state index contributed by atoms with van der Waals surface area (Å²) in [5, 5.41) is 0. The molecule has 0 aliphatic carbocycles. The molecule has 5 nitrogen and oxygen atoms in total. The zero-order valence-electron chi connectivity index (χ0n) is 15.6. The van der Waals surface area contributed by atoms with Gasteiger partial charge in [-0.2, -0.15) is 4.31 Å². The average molecular weight is 395 g/mol. The lowest BCUT2D eigenvalue weighted by Crippen LogP contribution is -2.48. The van der Waals surface area contributed by atoms with E-state index in [0.29, 0.717) is 17.3 Å². The van der Waals surface area contributed by atoms with Crippen molar-refractivity contribution in [2.45, 2.75) is 31.0 Å². The first-order valence-corrected chi connectivity index (χ1v) is 11.1. The van der Waals surface area contributed by atoms with Gasteiger partial charge in [-0.15, -0.1) is 11.3 Å². The fraction of sp³-hybridized carbons (Fsp3) is 0.474. The van der Waals surface area contributed by atoms with Crippen LogP contribution in [-0.2, 0) is 23.0 Å². The predicted molar refractivity (Wildman–Crippen MR) is 105 cm³/mol. The molecule has 142 valence electrons. The first-order valence-electron chi connectivity index (χ1n) is 8.88. The molecule has 0 amide bonds. The predicted octanol–water partition coefficient (Wildman–Crippen LogP) is 3.13. The number of aryl methyl sites for hydroxylation is 2. The third-order valence-electron chi connectivity index (χ3n) is 4.78. The van der Waals surface area contributed by atoms with Crippen molar-refractivity contribution in [3.63, 3.8) is 0 Å². The van der Waals surface area contributed by atoms with E-state index < -0.39 is 10.0 Å². The van der Waals surface area contributed by atoms with Crippen molar-refractivity contribution in [1.82, 2.24) is 9.21 Å². The molecule has 2 heterocycles. The Labute approximate surface area is 160 Å². The molecule has 2 aromatic rings. The van der Waals surface area contributed by atoms with Crippen LogP contribution in [0.3, 0.4) is 0 Å². The van der Waals surface area contributed by atoms with Crippen molar-refractivity contribution in [1.29, 1.82) is 0 Å². The summed E-state index contributed by atoms with van der Waals surface area (Å²) in [4.78, 5) is 3.41. The van der Waals surface area contributed by atoms with E-state index in [2.05, 4.69) is 17.0 Å². The summed E-state index contributed by atoms with van der Waals surface area (Å²) in [7, 11) is -1.68. The van der Waals surface area contributed by atoms with Gasteiger partial charge in [-0.25, -0.2) is 8.42 Å². The van der Waals surface area contributed by atoms with Gasteiger partial charge in [0.25, 0.3) is 10.0 Å². The maximum Gasteiger partial charge on any atom is 0.252 e. The number of hydrogen-bond donors (Lipinski definition) is 0. The van der Waals surface area contributed by atoms with Crippen LogP contribution in [0.15, 0.2) is 34.5 Å². The van der Waals surface area contributed by atoms with Crippen LogP contribution in [-0.4, -0.2) is 50.9 Å². The molecule has 1 fully saturated rings. The Morgan fingerprint density at radius 3 is 2.42 bits per heavy atom. The summed E-state index contributed by atoms with van der Waals surface area (Å²) in [5.74, 6) is 0.895. The molecule has 7 heteroatoms. The Kier molecular flexibility index (Phi) is 6.02. The van der Waals surface area contributed by atoms with Gasteiger partial charge in [-0.05, 0) is 42.7 Å².